The summed E-state index contributed by atoms with van der Waals surface area (Å²) in [5.74, 6) is 1.07. The van der Waals surface area contributed by atoms with Crippen molar-refractivity contribution >= 4 is 11.0 Å². The van der Waals surface area contributed by atoms with Gasteiger partial charge in [0.15, 0.2) is 0 Å². The van der Waals surface area contributed by atoms with Crippen LogP contribution >= 0.6 is 0 Å². The molecule has 1 fully saturated rings. The van der Waals surface area contributed by atoms with Gasteiger partial charge in [0, 0.05) is 17.0 Å². The lowest BCUT2D eigenvalue weighted by Gasteiger charge is -2.02. The Kier molecular flexibility index (Phi) is 3.04. The summed E-state index contributed by atoms with van der Waals surface area (Å²) in [6.45, 7) is 2.99. The van der Waals surface area contributed by atoms with Crippen LogP contribution in [-0.4, -0.2) is 6.04 Å². The Morgan fingerprint density at radius 2 is 1.86 bits per heavy atom. The maximum absolute atomic E-state index is 6.20. The highest BCUT2D eigenvalue weighted by molar-refractivity contribution is 5.94. The highest BCUT2D eigenvalue weighted by atomic mass is 16.3. The van der Waals surface area contributed by atoms with Crippen molar-refractivity contribution < 1.29 is 4.42 Å². The SMILES string of the molecule is Cc1c(CNC2CC2)oc2c(-c3ccccc3)cccc12. The van der Waals surface area contributed by atoms with Gasteiger partial charge in [-0.1, -0.05) is 48.5 Å². The quantitative estimate of drug-likeness (QED) is 0.750. The summed E-state index contributed by atoms with van der Waals surface area (Å²) in [4.78, 5) is 0. The van der Waals surface area contributed by atoms with Crippen LogP contribution in [0.1, 0.15) is 24.2 Å². The third kappa shape index (κ3) is 2.36. The van der Waals surface area contributed by atoms with Crippen molar-refractivity contribution in [3.8, 4) is 11.1 Å². The van der Waals surface area contributed by atoms with Gasteiger partial charge < -0.3 is 9.73 Å². The number of fused-ring (bicyclic) bond motifs is 1. The Balaban J connectivity index is 1.79. The lowest BCUT2D eigenvalue weighted by atomic mass is 10.0. The summed E-state index contributed by atoms with van der Waals surface area (Å²) in [5, 5.41) is 4.77. The highest BCUT2D eigenvalue weighted by Crippen LogP contribution is 2.34. The average Bonchev–Trinajstić information content (AvgIpc) is 3.30. The first-order chi connectivity index (χ1) is 10.3. The Morgan fingerprint density at radius 1 is 1.05 bits per heavy atom. The first-order valence-corrected chi connectivity index (χ1v) is 7.63. The molecule has 0 amide bonds. The zero-order valence-corrected chi connectivity index (χ0v) is 12.2. The van der Waals surface area contributed by atoms with Crippen LogP contribution in [0.5, 0.6) is 0 Å². The third-order valence-electron chi connectivity index (χ3n) is 4.28. The van der Waals surface area contributed by atoms with Crippen LogP contribution in [0.15, 0.2) is 52.9 Å². The molecule has 106 valence electrons. The van der Waals surface area contributed by atoms with E-state index in [-0.39, 0.29) is 0 Å². The summed E-state index contributed by atoms with van der Waals surface area (Å²) in [5.41, 5.74) is 4.65. The van der Waals surface area contributed by atoms with Crippen molar-refractivity contribution in [2.24, 2.45) is 0 Å². The minimum Gasteiger partial charge on any atom is -0.459 e. The molecule has 1 saturated carbocycles. The number of benzene rings is 2. The molecule has 2 nitrogen and oxygen atoms in total. The number of aryl methyl sites for hydroxylation is 1. The Morgan fingerprint density at radius 3 is 2.62 bits per heavy atom. The van der Waals surface area contributed by atoms with E-state index in [2.05, 4.69) is 54.7 Å². The summed E-state index contributed by atoms with van der Waals surface area (Å²) < 4.78 is 6.20. The van der Waals surface area contributed by atoms with Crippen LogP contribution < -0.4 is 5.32 Å². The van der Waals surface area contributed by atoms with Crippen molar-refractivity contribution in [1.82, 2.24) is 5.32 Å². The first-order valence-electron chi connectivity index (χ1n) is 7.63. The normalized spacial score (nSPS) is 14.7. The van der Waals surface area contributed by atoms with Crippen LogP contribution in [0.4, 0.5) is 0 Å². The van der Waals surface area contributed by atoms with Gasteiger partial charge in [-0.05, 0) is 30.9 Å². The maximum atomic E-state index is 6.20. The number of nitrogens with one attached hydrogen (secondary N) is 1. The Hall–Kier alpha value is -2.06. The third-order valence-corrected chi connectivity index (χ3v) is 4.28. The van der Waals surface area contributed by atoms with Gasteiger partial charge in [-0.15, -0.1) is 0 Å². The molecule has 0 radical (unpaired) electrons. The van der Waals surface area contributed by atoms with Crippen molar-refractivity contribution in [2.45, 2.75) is 32.4 Å². The van der Waals surface area contributed by atoms with Crippen LogP contribution in [0.2, 0.25) is 0 Å². The van der Waals surface area contributed by atoms with Crippen LogP contribution in [0.3, 0.4) is 0 Å². The minimum atomic E-state index is 0.700. The monoisotopic (exact) mass is 277 g/mol. The summed E-state index contributed by atoms with van der Waals surface area (Å²) in [6, 6.07) is 17.6. The molecule has 0 aliphatic heterocycles. The van der Waals surface area contributed by atoms with Crippen LogP contribution in [0, 0.1) is 6.92 Å². The van der Waals surface area contributed by atoms with Crippen LogP contribution in [0.25, 0.3) is 22.1 Å². The largest absolute Gasteiger partial charge is 0.459 e. The topological polar surface area (TPSA) is 25.2 Å². The van der Waals surface area contributed by atoms with Gasteiger partial charge in [-0.3, -0.25) is 0 Å². The molecule has 0 saturated heterocycles. The van der Waals surface area contributed by atoms with Gasteiger partial charge in [0.2, 0.25) is 0 Å². The van der Waals surface area contributed by atoms with Crippen molar-refractivity contribution in [2.75, 3.05) is 0 Å². The second-order valence-corrected chi connectivity index (χ2v) is 5.85. The number of hydrogen-bond acceptors (Lipinski definition) is 2. The molecular weight excluding hydrogens is 258 g/mol. The van der Waals surface area contributed by atoms with Crippen molar-refractivity contribution in [3.63, 3.8) is 0 Å². The lowest BCUT2D eigenvalue weighted by molar-refractivity contribution is 0.509. The fourth-order valence-corrected chi connectivity index (χ4v) is 2.83. The van der Waals surface area contributed by atoms with E-state index in [0.717, 1.165) is 17.9 Å². The summed E-state index contributed by atoms with van der Waals surface area (Å²) in [7, 11) is 0. The highest BCUT2D eigenvalue weighted by Gasteiger charge is 2.22. The molecule has 0 unspecified atom stereocenters. The minimum absolute atomic E-state index is 0.700. The Labute approximate surface area is 124 Å². The molecule has 1 N–H and O–H groups in total. The van der Waals surface area contributed by atoms with Crippen LogP contribution in [-0.2, 0) is 6.54 Å². The fraction of sp³-hybridized carbons (Fsp3) is 0.263. The second-order valence-electron chi connectivity index (χ2n) is 5.85. The molecule has 4 rings (SSSR count). The fourth-order valence-electron chi connectivity index (χ4n) is 2.83. The van der Waals surface area contributed by atoms with Crippen molar-refractivity contribution in [1.29, 1.82) is 0 Å². The van der Waals surface area contributed by atoms with E-state index in [9.17, 15) is 0 Å². The smallest absolute Gasteiger partial charge is 0.142 e. The molecule has 1 aliphatic rings. The van der Waals surface area contributed by atoms with E-state index < -0.39 is 0 Å². The standard InChI is InChI=1S/C19H19NO/c1-13-16-8-5-9-17(14-6-3-2-4-7-14)19(16)21-18(13)12-20-15-10-11-15/h2-9,15,20H,10-12H2,1H3. The first kappa shape index (κ1) is 12.7. The summed E-state index contributed by atoms with van der Waals surface area (Å²) >= 11 is 0. The number of furan rings is 1. The van der Waals surface area contributed by atoms with Gasteiger partial charge in [0.25, 0.3) is 0 Å². The van der Waals surface area contributed by atoms with E-state index >= 15 is 0 Å². The molecular formula is C19H19NO. The van der Waals surface area contributed by atoms with E-state index in [0.29, 0.717) is 6.04 Å². The molecule has 0 spiro atoms. The van der Waals surface area contributed by atoms with Crippen molar-refractivity contribution in [3.05, 3.63) is 59.9 Å². The molecule has 1 aliphatic carbocycles. The Bertz CT molecular complexity index is 769. The zero-order valence-electron chi connectivity index (χ0n) is 12.2. The van der Waals surface area contributed by atoms with Gasteiger partial charge in [-0.2, -0.15) is 0 Å². The molecule has 1 aromatic heterocycles. The molecule has 3 aromatic rings. The van der Waals surface area contributed by atoms with E-state index in [1.807, 2.05) is 6.07 Å². The van der Waals surface area contributed by atoms with Gasteiger partial charge in [0.1, 0.15) is 11.3 Å². The molecule has 2 aromatic carbocycles. The van der Waals surface area contributed by atoms with Gasteiger partial charge in [-0.25, -0.2) is 0 Å². The molecule has 2 heteroatoms. The maximum Gasteiger partial charge on any atom is 0.142 e. The zero-order chi connectivity index (χ0) is 14.2. The number of hydrogen-bond donors (Lipinski definition) is 1. The number of rotatable bonds is 4. The molecule has 21 heavy (non-hydrogen) atoms. The van der Waals surface area contributed by atoms with E-state index in [1.54, 1.807) is 0 Å². The number of para-hydroxylation sites is 1. The molecule has 0 bridgehead atoms. The average molecular weight is 277 g/mol. The molecule has 0 atom stereocenters. The van der Waals surface area contributed by atoms with E-state index in [4.69, 9.17) is 4.42 Å². The van der Waals surface area contributed by atoms with E-state index in [1.165, 1.54) is 34.9 Å². The second kappa shape index (κ2) is 5.05. The predicted molar refractivity (Wildman–Crippen MR) is 86.2 cm³/mol. The van der Waals surface area contributed by atoms with Gasteiger partial charge >= 0.3 is 0 Å². The van der Waals surface area contributed by atoms with Gasteiger partial charge in [0.05, 0.1) is 6.54 Å². The predicted octanol–water partition coefficient (Wildman–Crippen LogP) is 4.66. The molecule has 1 heterocycles. The lowest BCUT2D eigenvalue weighted by Crippen LogP contribution is -2.15. The summed E-state index contributed by atoms with van der Waals surface area (Å²) in [6.07, 6.45) is 2.60.